The average molecular weight is 619 g/mol. The Morgan fingerprint density at radius 1 is 1.00 bits per heavy atom. The average Bonchev–Trinajstić information content (AvgIpc) is 3.59. The lowest BCUT2D eigenvalue weighted by Crippen LogP contribution is -2.45. The van der Waals surface area contributed by atoms with Crippen molar-refractivity contribution in [1.82, 2.24) is 33.7 Å². The number of hydrogen-bond acceptors (Lipinski definition) is 7. The fourth-order valence-corrected chi connectivity index (χ4v) is 6.11. The molecule has 2 amide bonds. The van der Waals surface area contributed by atoms with E-state index in [0.717, 1.165) is 60.8 Å². The Balaban J connectivity index is 1.12. The van der Waals surface area contributed by atoms with Crippen molar-refractivity contribution < 1.29 is 18.0 Å². The number of anilines is 3. The highest BCUT2D eigenvalue weighted by Gasteiger charge is 2.34. The molecule has 4 N–H and O–H groups in total. The maximum absolute atomic E-state index is 14.1. The number of nitrogens with zero attached hydrogens (tertiary/aromatic N) is 7. The van der Waals surface area contributed by atoms with Crippen molar-refractivity contribution in [3.63, 3.8) is 0 Å². The van der Waals surface area contributed by atoms with Gasteiger partial charge in [-0.3, -0.25) is 9.30 Å². The van der Waals surface area contributed by atoms with Gasteiger partial charge in [0, 0.05) is 68.6 Å². The highest BCUT2D eigenvalue weighted by molar-refractivity contribution is 6.03. The maximum Gasteiger partial charge on any atom is 0.416 e. The van der Waals surface area contributed by atoms with E-state index in [9.17, 15) is 18.0 Å². The van der Waals surface area contributed by atoms with Gasteiger partial charge in [0.1, 0.15) is 17.8 Å². The number of carbonyl (C=O) groups is 1. The summed E-state index contributed by atoms with van der Waals surface area (Å²) in [5.41, 5.74) is 8.97. The number of halogens is 3. The van der Waals surface area contributed by atoms with Crippen LogP contribution in [0.15, 0.2) is 55.2 Å². The lowest BCUT2D eigenvalue weighted by molar-refractivity contribution is -0.138. The Bertz CT molecular complexity index is 1890. The monoisotopic (exact) mass is 618 g/mol. The van der Waals surface area contributed by atoms with Gasteiger partial charge in [-0.1, -0.05) is 13.0 Å². The molecule has 2 fully saturated rings. The van der Waals surface area contributed by atoms with Crippen LogP contribution in [0.2, 0.25) is 0 Å². The fourth-order valence-electron chi connectivity index (χ4n) is 6.11. The van der Waals surface area contributed by atoms with Crippen LogP contribution in [-0.4, -0.2) is 72.5 Å². The van der Waals surface area contributed by atoms with Crippen LogP contribution in [0.5, 0.6) is 0 Å². The van der Waals surface area contributed by atoms with E-state index in [1.54, 1.807) is 18.5 Å². The minimum Gasteiger partial charge on any atom is -0.383 e. The van der Waals surface area contributed by atoms with Crippen LogP contribution in [-0.2, 0) is 12.7 Å². The Morgan fingerprint density at radius 2 is 1.78 bits per heavy atom. The zero-order chi connectivity index (χ0) is 31.3. The van der Waals surface area contributed by atoms with Crippen LogP contribution in [0.1, 0.15) is 36.9 Å². The molecule has 14 heteroatoms. The number of urea groups is 1. The SMILES string of the molecule is CCN1CCN(Cc2ccc(NC(=O)Nc3ccc(-c4cn(C5CC5)c5ncnc(N)c45)n4ccnc34)cc2C(F)(F)F)CC1. The van der Waals surface area contributed by atoms with Crippen LogP contribution < -0.4 is 16.4 Å². The first-order valence-corrected chi connectivity index (χ1v) is 15.0. The predicted molar refractivity (Wildman–Crippen MR) is 166 cm³/mol. The van der Waals surface area contributed by atoms with Gasteiger partial charge in [0.15, 0.2) is 5.65 Å². The summed E-state index contributed by atoms with van der Waals surface area (Å²) in [6.07, 6.45) is 4.42. The van der Waals surface area contributed by atoms with Gasteiger partial charge in [-0.15, -0.1) is 0 Å². The summed E-state index contributed by atoms with van der Waals surface area (Å²) in [6, 6.07) is 7.16. The molecule has 1 saturated heterocycles. The van der Waals surface area contributed by atoms with Gasteiger partial charge in [0.25, 0.3) is 0 Å². The smallest absolute Gasteiger partial charge is 0.383 e. The van der Waals surface area contributed by atoms with E-state index in [4.69, 9.17) is 5.73 Å². The zero-order valence-electron chi connectivity index (χ0n) is 24.7. The molecule has 5 heterocycles. The molecular weight excluding hydrogens is 585 g/mol. The minimum absolute atomic E-state index is 0.0405. The summed E-state index contributed by atoms with van der Waals surface area (Å²) in [5, 5.41) is 6.05. The number of rotatable bonds is 7. The highest BCUT2D eigenvalue weighted by atomic mass is 19.4. The third-order valence-corrected chi connectivity index (χ3v) is 8.63. The summed E-state index contributed by atoms with van der Waals surface area (Å²) in [5.74, 6) is 0.368. The van der Waals surface area contributed by atoms with E-state index in [2.05, 4.69) is 42.0 Å². The molecular formula is C31H33F3N10O. The summed E-state index contributed by atoms with van der Waals surface area (Å²) in [6.45, 7) is 6.27. The van der Waals surface area contributed by atoms with Crippen LogP contribution in [0.4, 0.5) is 35.2 Å². The van der Waals surface area contributed by atoms with Crippen molar-refractivity contribution in [1.29, 1.82) is 0 Å². The van der Waals surface area contributed by atoms with Crippen molar-refractivity contribution in [3.8, 4) is 11.3 Å². The summed E-state index contributed by atoms with van der Waals surface area (Å²) >= 11 is 0. The molecule has 1 aromatic carbocycles. The van der Waals surface area contributed by atoms with E-state index in [-0.39, 0.29) is 17.8 Å². The predicted octanol–water partition coefficient (Wildman–Crippen LogP) is 5.46. The number of imidazole rings is 1. The first-order valence-electron chi connectivity index (χ1n) is 15.0. The van der Waals surface area contributed by atoms with E-state index < -0.39 is 17.8 Å². The van der Waals surface area contributed by atoms with E-state index in [0.29, 0.717) is 36.3 Å². The van der Waals surface area contributed by atoms with Crippen LogP contribution >= 0.6 is 0 Å². The summed E-state index contributed by atoms with van der Waals surface area (Å²) in [7, 11) is 0. The molecule has 1 aliphatic heterocycles. The number of nitrogens with one attached hydrogen (secondary N) is 2. The fraction of sp³-hybridized carbons (Fsp3) is 0.355. The van der Waals surface area contributed by atoms with Gasteiger partial charge in [0.2, 0.25) is 0 Å². The largest absolute Gasteiger partial charge is 0.416 e. The van der Waals surface area contributed by atoms with Crippen LogP contribution in [0.3, 0.4) is 0 Å². The van der Waals surface area contributed by atoms with Crippen molar-refractivity contribution in [3.05, 3.63) is 66.4 Å². The van der Waals surface area contributed by atoms with E-state index >= 15 is 0 Å². The molecule has 0 bridgehead atoms. The van der Waals surface area contributed by atoms with Gasteiger partial charge in [-0.05, 0) is 49.2 Å². The van der Waals surface area contributed by atoms with Crippen molar-refractivity contribution in [2.45, 2.75) is 38.5 Å². The molecule has 45 heavy (non-hydrogen) atoms. The first kappa shape index (κ1) is 29.0. The number of likely N-dealkylation sites (N-methyl/N-ethyl adjacent to an activating group) is 1. The molecule has 234 valence electrons. The van der Waals surface area contributed by atoms with E-state index in [1.165, 1.54) is 18.5 Å². The molecule has 2 aliphatic rings. The minimum atomic E-state index is -4.57. The summed E-state index contributed by atoms with van der Waals surface area (Å²) in [4.78, 5) is 30.5. The summed E-state index contributed by atoms with van der Waals surface area (Å²) < 4.78 is 46.2. The van der Waals surface area contributed by atoms with Crippen molar-refractivity contribution >= 4 is 39.9 Å². The lowest BCUT2D eigenvalue weighted by atomic mass is 10.0. The highest BCUT2D eigenvalue weighted by Crippen LogP contribution is 2.42. The number of benzene rings is 1. The number of pyridine rings is 1. The van der Waals surface area contributed by atoms with Crippen molar-refractivity contribution in [2.24, 2.45) is 0 Å². The number of aromatic nitrogens is 5. The normalized spacial score (nSPS) is 16.4. The third kappa shape index (κ3) is 5.66. The third-order valence-electron chi connectivity index (χ3n) is 8.63. The Morgan fingerprint density at radius 3 is 2.51 bits per heavy atom. The molecule has 7 rings (SSSR count). The second-order valence-corrected chi connectivity index (χ2v) is 11.6. The molecule has 1 aliphatic carbocycles. The zero-order valence-corrected chi connectivity index (χ0v) is 24.7. The van der Waals surface area contributed by atoms with Gasteiger partial charge >= 0.3 is 12.2 Å². The molecule has 0 radical (unpaired) electrons. The molecule has 11 nitrogen and oxygen atoms in total. The Hall–Kier alpha value is -4.69. The van der Waals surface area contributed by atoms with Gasteiger partial charge in [-0.2, -0.15) is 13.2 Å². The molecule has 1 saturated carbocycles. The second-order valence-electron chi connectivity index (χ2n) is 11.6. The Kier molecular flexibility index (Phi) is 7.32. The first-order chi connectivity index (χ1) is 21.7. The number of nitrogen functional groups attached to an aromatic ring is 1. The molecule has 0 spiro atoms. The number of fused-ring (bicyclic) bond motifs is 2. The number of alkyl halides is 3. The lowest BCUT2D eigenvalue weighted by Gasteiger charge is -2.34. The number of carbonyl (C=O) groups excluding carboxylic acids is 1. The molecule has 0 unspecified atom stereocenters. The quantitative estimate of drug-likeness (QED) is 0.221. The molecule has 4 aromatic heterocycles. The van der Waals surface area contributed by atoms with Gasteiger partial charge in [-0.25, -0.2) is 19.7 Å². The number of amides is 2. The molecule has 0 atom stereocenters. The topological polar surface area (TPSA) is 122 Å². The standard InChI is InChI=1S/C31H33F3N10O/c1-2-41-11-13-42(14-12-41)16-19-3-4-20(15-23(19)31(32,33)34)39-30(45)40-24-7-8-25(43-10-9-36-28(24)43)22-17-44(21-5-6-21)29-26(22)27(35)37-18-38-29/h3-4,7-10,15,17-18,21H,2,5-6,11-14,16H2,1H3,(H2,35,37,38)(H2,39,40,45). The number of nitrogens with two attached hydrogens (primary N) is 1. The van der Waals surface area contributed by atoms with Gasteiger partial charge in [0.05, 0.1) is 22.3 Å². The maximum atomic E-state index is 14.1. The van der Waals surface area contributed by atoms with Crippen LogP contribution in [0, 0.1) is 0 Å². The van der Waals surface area contributed by atoms with E-state index in [1.807, 2.05) is 21.6 Å². The molecule has 5 aromatic rings. The second kappa shape index (κ2) is 11.3. The number of hydrogen-bond donors (Lipinski definition) is 3. The Labute approximate surface area is 256 Å². The van der Waals surface area contributed by atoms with Crippen molar-refractivity contribution in [2.75, 3.05) is 49.1 Å². The number of piperazine rings is 1. The van der Waals surface area contributed by atoms with Crippen LogP contribution in [0.25, 0.3) is 27.9 Å². The van der Waals surface area contributed by atoms with Gasteiger partial charge < -0.3 is 25.8 Å².